The number of benzene rings is 1. The molecule has 4 heteroatoms. The first-order chi connectivity index (χ1) is 8.70. The number of hydrogen-bond acceptors (Lipinski definition) is 4. The van der Waals surface area contributed by atoms with Crippen LogP contribution in [0.1, 0.15) is 24.5 Å². The first-order valence-electron chi connectivity index (χ1n) is 6.37. The van der Waals surface area contributed by atoms with Crippen LogP contribution in [0.5, 0.6) is 5.75 Å². The van der Waals surface area contributed by atoms with Crippen LogP contribution in [0.4, 0.5) is 0 Å². The van der Waals surface area contributed by atoms with E-state index < -0.39 is 6.04 Å². The fraction of sp³-hybridized carbons (Fsp3) is 0.500. The monoisotopic (exact) mass is 249 g/mol. The molecule has 1 aromatic rings. The minimum Gasteiger partial charge on any atom is -0.493 e. The second-order valence-electron chi connectivity index (χ2n) is 4.44. The maximum atomic E-state index is 11.4. The summed E-state index contributed by atoms with van der Waals surface area (Å²) in [5, 5.41) is 0. The molecule has 1 aliphatic rings. The third-order valence-corrected chi connectivity index (χ3v) is 3.09. The average Bonchev–Trinajstić information content (AvgIpc) is 2.83. The lowest BCUT2D eigenvalue weighted by Crippen LogP contribution is -2.32. The molecule has 4 nitrogen and oxygen atoms in total. The van der Waals surface area contributed by atoms with Crippen LogP contribution in [0, 0.1) is 0 Å². The number of rotatable bonds is 5. The fourth-order valence-electron chi connectivity index (χ4n) is 2.08. The number of carbonyl (C=O) groups is 1. The predicted molar refractivity (Wildman–Crippen MR) is 68.6 cm³/mol. The van der Waals surface area contributed by atoms with Gasteiger partial charge in [-0.2, -0.15) is 0 Å². The molecule has 0 bridgehead atoms. The summed E-state index contributed by atoms with van der Waals surface area (Å²) in [5.74, 6) is 0.662. The van der Waals surface area contributed by atoms with E-state index in [1.165, 1.54) is 11.1 Å². The zero-order valence-corrected chi connectivity index (χ0v) is 10.6. The molecule has 0 amide bonds. The highest BCUT2D eigenvalue weighted by Gasteiger charge is 2.16. The first kappa shape index (κ1) is 12.9. The van der Waals surface area contributed by atoms with Gasteiger partial charge in [0, 0.05) is 6.42 Å². The van der Waals surface area contributed by atoms with Gasteiger partial charge in [-0.3, -0.25) is 4.79 Å². The van der Waals surface area contributed by atoms with Gasteiger partial charge in [-0.05, 0) is 37.0 Å². The van der Waals surface area contributed by atoms with Crippen molar-refractivity contribution in [2.75, 3.05) is 13.2 Å². The summed E-state index contributed by atoms with van der Waals surface area (Å²) < 4.78 is 10.3. The molecular weight excluding hydrogens is 230 g/mol. The normalized spacial score (nSPS) is 14.8. The van der Waals surface area contributed by atoms with E-state index in [1.54, 1.807) is 6.92 Å². The highest BCUT2D eigenvalue weighted by atomic mass is 16.5. The van der Waals surface area contributed by atoms with Crippen molar-refractivity contribution < 1.29 is 14.3 Å². The Hall–Kier alpha value is -1.55. The molecule has 1 aliphatic heterocycles. The number of esters is 1. The first-order valence-corrected chi connectivity index (χ1v) is 6.37. The van der Waals surface area contributed by atoms with Crippen LogP contribution >= 0.6 is 0 Å². The van der Waals surface area contributed by atoms with Crippen molar-refractivity contribution in [2.45, 2.75) is 32.2 Å². The summed E-state index contributed by atoms with van der Waals surface area (Å²) in [4.78, 5) is 11.4. The van der Waals surface area contributed by atoms with Gasteiger partial charge in [0.05, 0.1) is 13.2 Å². The van der Waals surface area contributed by atoms with Gasteiger partial charge in [-0.1, -0.05) is 12.1 Å². The van der Waals surface area contributed by atoms with Gasteiger partial charge in [0.1, 0.15) is 11.8 Å². The van der Waals surface area contributed by atoms with E-state index in [0.29, 0.717) is 13.0 Å². The molecule has 18 heavy (non-hydrogen) atoms. The summed E-state index contributed by atoms with van der Waals surface area (Å²) in [5.41, 5.74) is 8.21. The molecule has 1 aromatic carbocycles. The number of ether oxygens (including phenoxy) is 2. The predicted octanol–water partition coefficient (Wildman–Crippen LogP) is 1.44. The molecule has 0 saturated heterocycles. The van der Waals surface area contributed by atoms with Crippen LogP contribution in [0.15, 0.2) is 18.2 Å². The Morgan fingerprint density at radius 3 is 3.17 bits per heavy atom. The van der Waals surface area contributed by atoms with E-state index in [2.05, 4.69) is 6.07 Å². The number of hydrogen-bond donors (Lipinski definition) is 1. The van der Waals surface area contributed by atoms with E-state index in [9.17, 15) is 4.79 Å². The van der Waals surface area contributed by atoms with Crippen LogP contribution in [0.25, 0.3) is 0 Å². The van der Waals surface area contributed by atoms with Crippen molar-refractivity contribution >= 4 is 5.97 Å². The zero-order chi connectivity index (χ0) is 13.0. The summed E-state index contributed by atoms with van der Waals surface area (Å²) in [6.07, 6.45) is 2.36. The standard InChI is InChI=1S/C14H19NO3/c1-2-17-14(16)12(15)5-3-10-4-6-13-11(9-10)7-8-18-13/h4,6,9,12H,2-3,5,7-8,15H2,1H3. The molecule has 1 atom stereocenters. The van der Waals surface area contributed by atoms with Crippen LogP contribution in [0.2, 0.25) is 0 Å². The van der Waals surface area contributed by atoms with Gasteiger partial charge in [0.2, 0.25) is 0 Å². The van der Waals surface area contributed by atoms with Gasteiger partial charge >= 0.3 is 5.97 Å². The number of nitrogens with two attached hydrogens (primary N) is 1. The number of aryl methyl sites for hydroxylation is 1. The third kappa shape index (κ3) is 3.01. The van der Waals surface area contributed by atoms with Crippen LogP contribution in [-0.2, 0) is 22.4 Å². The van der Waals surface area contributed by atoms with E-state index in [-0.39, 0.29) is 5.97 Å². The molecule has 2 rings (SSSR count). The van der Waals surface area contributed by atoms with E-state index in [1.807, 2.05) is 12.1 Å². The Balaban J connectivity index is 1.88. The molecule has 0 saturated carbocycles. The highest BCUT2D eigenvalue weighted by molar-refractivity contribution is 5.75. The van der Waals surface area contributed by atoms with Crippen LogP contribution in [0.3, 0.4) is 0 Å². The topological polar surface area (TPSA) is 61.5 Å². The van der Waals surface area contributed by atoms with Gasteiger partial charge in [0.15, 0.2) is 0 Å². The van der Waals surface area contributed by atoms with Gasteiger partial charge < -0.3 is 15.2 Å². The molecule has 0 spiro atoms. The Labute approximate surface area is 107 Å². The van der Waals surface area contributed by atoms with Crippen LogP contribution < -0.4 is 10.5 Å². The molecule has 0 fully saturated rings. The summed E-state index contributed by atoms with van der Waals surface area (Å²) in [7, 11) is 0. The van der Waals surface area contributed by atoms with Gasteiger partial charge in [0.25, 0.3) is 0 Å². The minimum absolute atomic E-state index is 0.318. The Kier molecular flexibility index (Phi) is 4.20. The second kappa shape index (κ2) is 5.87. The largest absolute Gasteiger partial charge is 0.493 e. The lowest BCUT2D eigenvalue weighted by atomic mass is 10.0. The van der Waals surface area contributed by atoms with E-state index >= 15 is 0 Å². The van der Waals surface area contributed by atoms with Crippen molar-refractivity contribution in [1.82, 2.24) is 0 Å². The van der Waals surface area contributed by atoms with Crippen molar-refractivity contribution in [3.63, 3.8) is 0 Å². The van der Waals surface area contributed by atoms with Gasteiger partial charge in [-0.25, -0.2) is 0 Å². The van der Waals surface area contributed by atoms with Crippen molar-refractivity contribution in [3.8, 4) is 5.75 Å². The molecule has 98 valence electrons. The van der Waals surface area contributed by atoms with Crippen molar-refractivity contribution in [2.24, 2.45) is 5.73 Å². The molecule has 2 N–H and O–H groups in total. The number of carbonyl (C=O) groups excluding carboxylic acids is 1. The van der Waals surface area contributed by atoms with Crippen LogP contribution in [-0.4, -0.2) is 25.2 Å². The smallest absolute Gasteiger partial charge is 0.322 e. The third-order valence-electron chi connectivity index (χ3n) is 3.09. The SMILES string of the molecule is CCOC(=O)C(N)CCc1ccc2c(c1)CCO2. The quantitative estimate of drug-likeness (QED) is 0.802. The van der Waals surface area contributed by atoms with E-state index in [0.717, 1.165) is 25.2 Å². The Morgan fingerprint density at radius 2 is 2.39 bits per heavy atom. The molecule has 0 radical (unpaired) electrons. The lowest BCUT2D eigenvalue weighted by Gasteiger charge is -2.10. The Bertz CT molecular complexity index is 431. The summed E-state index contributed by atoms with van der Waals surface area (Å²) >= 11 is 0. The summed E-state index contributed by atoms with van der Waals surface area (Å²) in [6.45, 7) is 2.93. The molecule has 0 aliphatic carbocycles. The second-order valence-corrected chi connectivity index (χ2v) is 4.44. The molecule has 1 unspecified atom stereocenters. The Morgan fingerprint density at radius 1 is 1.56 bits per heavy atom. The van der Waals surface area contributed by atoms with E-state index in [4.69, 9.17) is 15.2 Å². The summed E-state index contributed by atoms with van der Waals surface area (Å²) in [6, 6.07) is 5.63. The average molecular weight is 249 g/mol. The molecule has 1 heterocycles. The minimum atomic E-state index is -0.533. The maximum Gasteiger partial charge on any atom is 0.322 e. The fourth-order valence-corrected chi connectivity index (χ4v) is 2.08. The zero-order valence-electron chi connectivity index (χ0n) is 10.6. The lowest BCUT2D eigenvalue weighted by molar-refractivity contribution is -0.144. The molecular formula is C14H19NO3. The highest BCUT2D eigenvalue weighted by Crippen LogP contribution is 2.26. The maximum absolute atomic E-state index is 11.4. The van der Waals surface area contributed by atoms with Gasteiger partial charge in [-0.15, -0.1) is 0 Å². The number of fused-ring (bicyclic) bond motifs is 1. The molecule has 0 aromatic heterocycles. The van der Waals surface area contributed by atoms with Crippen molar-refractivity contribution in [1.29, 1.82) is 0 Å². The van der Waals surface area contributed by atoms with Crippen molar-refractivity contribution in [3.05, 3.63) is 29.3 Å².